The second kappa shape index (κ2) is 2.47. The highest BCUT2D eigenvalue weighted by Crippen LogP contribution is 1.35. The van der Waals surface area contributed by atoms with Crippen molar-refractivity contribution in [3.63, 3.8) is 0 Å². The lowest BCUT2D eigenvalue weighted by Gasteiger charge is -1.63. The second-order valence-electron chi connectivity index (χ2n) is 0.228. The summed E-state index contributed by atoms with van der Waals surface area (Å²) in [4.78, 5) is 8.94. The SMILES string of the molecule is [2H]CO[C]=O. The van der Waals surface area contributed by atoms with Crippen LogP contribution in [0.2, 0.25) is 0 Å². The first-order valence-electron chi connectivity index (χ1n) is 1.40. The van der Waals surface area contributed by atoms with Crippen LogP contribution in [-0.4, -0.2) is 13.6 Å². The van der Waals surface area contributed by atoms with E-state index in [0.717, 1.165) is 6.47 Å². The molecule has 23 valence electrons. The van der Waals surface area contributed by atoms with Crippen LogP contribution in [0, 0.1) is 0 Å². The highest BCUT2D eigenvalue weighted by Gasteiger charge is 1.50. The summed E-state index contributed by atoms with van der Waals surface area (Å²) >= 11 is 0. The molecule has 0 saturated carbocycles. The summed E-state index contributed by atoms with van der Waals surface area (Å²) in [5, 5.41) is 0. The molecule has 0 rings (SSSR count). The molecule has 1 radical (unpaired) electrons. The van der Waals surface area contributed by atoms with Crippen LogP contribution >= 0.6 is 0 Å². The van der Waals surface area contributed by atoms with Gasteiger partial charge in [-0.3, -0.25) is 0 Å². The molecule has 0 bridgehead atoms. The Morgan fingerprint density at radius 3 is 3.25 bits per heavy atom. The van der Waals surface area contributed by atoms with E-state index in [4.69, 9.17) is 6.17 Å². The van der Waals surface area contributed by atoms with Crippen molar-refractivity contribution in [2.24, 2.45) is 0 Å². The molecular formula is C2H3O2. The van der Waals surface area contributed by atoms with Crippen molar-refractivity contribution in [1.29, 1.82) is 0 Å². The van der Waals surface area contributed by atoms with Gasteiger partial charge in [-0.05, 0) is 0 Å². The Balaban J connectivity index is 2.40. The minimum atomic E-state index is -0.330. The smallest absolute Gasteiger partial charge is 0.417 e. The third-order valence-corrected chi connectivity index (χ3v) is 0.0589. The molecule has 2 heteroatoms. The Labute approximate surface area is 25.8 Å². The molecule has 0 aromatic rings. The van der Waals surface area contributed by atoms with Crippen LogP contribution in [-0.2, 0) is 9.53 Å². The molecule has 0 aromatic carbocycles. The van der Waals surface area contributed by atoms with Gasteiger partial charge in [0.15, 0.2) is 0 Å². The van der Waals surface area contributed by atoms with Gasteiger partial charge in [-0.15, -0.1) is 0 Å². The monoisotopic (exact) mass is 60.0 g/mol. The predicted octanol–water partition coefficient (Wildman–Crippen LogP) is -0.300. The van der Waals surface area contributed by atoms with Gasteiger partial charge < -0.3 is 4.74 Å². The van der Waals surface area contributed by atoms with Gasteiger partial charge in [0, 0.05) is 0 Å². The maximum atomic E-state index is 8.94. The summed E-state index contributed by atoms with van der Waals surface area (Å²) in [7, 11) is -0.330. The largest absolute Gasteiger partial charge is 0.461 e. The molecule has 0 fully saturated rings. The third-order valence-electron chi connectivity index (χ3n) is 0.0589. The first-order valence-corrected chi connectivity index (χ1v) is 0.697. The van der Waals surface area contributed by atoms with Crippen LogP contribution in [0.25, 0.3) is 0 Å². The van der Waals surface area contributed by atoms with Gasteiger partial charge in [0.2, 0.25) is 0 Å². The maximum absolute atomic E-state index is 8.94. The summed E-state index contributed by atoms with van der Waals surface area (Å²) in [5.41, 5.74) is 0. The molecule has 0 spiro atoms. The Kier molecular flexibility index (Phi) is 1.09. The number of ether oxygens (including phenoxy) is 1. The second-order valence-corrected chi connectivity index (χ2v) is 0.228. The molecule has 2 nitrogen and oxygen atoms in total. The zero-order chi connectivity index (χ0) is 4.12. The fraction of sp³-hybridized carbons (Fsp3) is 0.500. The first-order chi connectivity index (χ1) is 2.41. The minimum absolute atomic E-state index is 0.330. The van der Waals surface area contributed by atoms with Gasteiger partial charge in [-0.2, -0.15) is 0 Å². The quantitative estimate of drug-likeness (QED) is 0.415. The Morgan fingerprint density at radius 2 is 3.25 bits per heavy atom. The number of carbonyl (C=O) groups excluding carboxylic acids is 1. The van der Waals surface area contributed by atoms with Crippen LogP contribution in [0.5, 0.6) is 0 Å². The number of rotatable bonds is 1. The molecule has 0 aliphatic rings. The van der Waals surface area contributed by atoms with Gasteiger partial charge in [-0.1, -0.05) is 0 Å². The van der Waals surface area contributed by atoms with E-state index >= 15 is 0 Å². The number of methoxy groups -OCH3 is 1. The van der Waals surface area contributed by atoms with E-state index in [9.17, 15) is 0 Å². The molecule has 4 heavy (non-hydrogen) atoms. The number of hydrogen-bond donors (Lipinski definition) is 0. The molecular weight excluding hydrogens is 56.0 g/mol. The fourth-order valence-electron chi connectivity index (χ4n) is 0. The molecule has 0 aliphatic heterocycles. The normalized spacial score (nSPS) is 8.50. The topological polar surface area (TPSA) is 26.3 Å². The van der Waals surface area contributed by atoms with E-state index in [2.05, 4.69) is 4.74 Å². The van der Waals surface area contributed by atoms with Gasteiger partial charge >= 0.3 is 6.47 Å². The zero-order valence-corrected chi connectivity index (χ0v) is 2.02. The fourth-order valence-corrected chi connectivity index (χ4v) is 0. The summed E-state index contributed by atoms with van der Waals surface area (Å²) in [6.45, 7) is 1.08. The molecule has 0 aliphatic carbocycles. The molecule has 0 heterocycles. The van der Waals surface area contributed by atoms with Gasteiger partial charge in [0.1, 0.15) is 0 Å². The summed E-state index contributed by atoms with van der Waals surface area (Å²) in [5.74, 6) is 0. The molecule has 0 unspecified atom stereocenters. The van der Waals surface area contributed by atoms with Gasteiger partial charge in [-0.25, -0.2) is 4.79 Å². The molecule has 0 atom stereocenters. The molecule has 0 N–H and O–H groups in total. The minimum Gasteiger partial charge on any atom is -0.461 e. The summed E-state index contributed by atoms with van der Waals surface area (Å²) < 4.78 is 9.81. The van der Waals surface area contributed by atoms with Crippen molar-refractivity contribution < 1.29 is 10.9 Å². The standard InChI is InChI=1S/C2H3O2/c1-4-2-3/h1H3/i1D. The van der Waals surface area contributed by atoms with E-state index < -0.39 is 0 Å². The maximum Gasteiger partial charge on any atom is 0.417 e. The lowest BCUT2D eigenvalue weighted by atomic mass is 11.5. The van der Waals surface area contributed by atoms with Crippen LogP contribution in [0.15, 0.2) is 0 Å². The first kappa shape index (κ1) is 1.76. The van der Waals surface area contributed by atoms with E-state index in [1.165, 1.54) is 0 Å². The lowest BCUT2D eigenvalue weighted by Crippen LogP contribution is -1.68. The van der Waals surface area contributed by atoms with E-state index in [-0.39, 0.29) is 7.09 Å². The van der Waals surface area contributed by atoms with Crippen LogP contribution in [0.3, 0.4) is 0 Å². The average Bonchev–Trinajstić information content (AvgIpc) is 1.41. The Hall–Kier alpha value is -0.530. The van der Waals surface area contributed by atoms with Crippen molar-refractivity contribution in [2.45, 2.75) is 0 Å². The third kappa shape index (κ3) is 1.47. The molecule has 0 aromatic heterocycles. The van der Waals surface area contributed by atoms with Crippen molar-refractivity contribution >= 4 is 6.47 Å². The average molecular weight is 60.1 g/mol. The van der Waals surface area contributed by atoms with Crippen LogP contribution in [0.1, 0.15) is 1.37 Å². The number of hydrogen-bond acceptors (Lipinski definition) is 2. The van der Waals surface area contributed by atoms with Crippen LogP contribution < -0.4 is 0 Å². The Morgan fingerprint density at radius 1 is 2.50 bits per heavy atom. The summed E-state index contributed by atoms with van der Waals surface area (Å²) in [6.07, 6.45) is 0. The zero-order valence-electron chi connectivity index (χ0n) is 3.02. The highest BCUT2D eigenvalue weighted by atomic mass is 16.5. The van der Waals surface area contributed by atoms with Crippen LogP contribution in [0.4, 0.5) is 0 Å². The predicted molar refractivity (Wildman–Crippen MR) is 12.7 cm³/mol. The summed E-state index contributed by atoms with van der Waals surface area (Å²) in [6, 6.07) is 0. The van der Waals surface area contributed by atoms with Gasteiger partial charge in [0.25, 0.3) is 0 Å². The van der Waals surface area contributed by atoms with E-state index in [1.54, 1.807) is 0 Å². The lowest BCUT2D eigenvalue weighted by molar-refractivity contribution is 0.353. The van der Waals surface area contributed by atoms with E-state index in [1.807, 2.05) is 0 Å². The van der Waals surface area contributed by atoms with Crippen molar-refractivity contribution in [2.75, 3.05) is 7.09 Å². The van der Waals surface area contributed by atoms with E-state index in [0.29, 0.717) is 0 Å². The van der Waals surface area contributed by atoms with Crippen molar-refractivity contribution in [1.82, 2.24) is 0 Å². The van der Waals surface area contributed by atoms with Gasteiger partial charge in [0.05, 0.1) is 8.46 Å². The molecule has 0 saturated heterocycles. The van der Waals surface area contributed by atoms with Crippen molar-refractivity contribution in [3.05, 3.63) is 0 Å². The Bertz CT molecular complexity index is 28.8. The van der Waals surface area contributed by atoms with Crippen molar-refractivity contribution in [3.8, 4) is 0 Å². The molecule has 0 amide bonds. The highest BCUT2D eigenvalue weighted by molar-refractivity contribution is 5.37.